The summed E-state index contributed by atoms with van der Waals surface area (Å²) in [4.78, 5) is 27.3. The van der Waals surface area contributed by atoms with Crippen LogP contribution >= 0.6 is 0 Å². The fourth-order valence-corrected chi connectivity index (χ4v) is 2.02. The van der Waals surface area contributed by atoms with Crippen LogP contribution in [0.2, 0.25) is 0 Å². The summed E-state index contributed by atoms with van der Waals surface area (Å²) < 4.78 is 5.31. The van der Waals surface area contributed by atoms with Crippen LogP contribution in [0, 0.1) is 0 Å². The van der Waals surface area contributed by atoms with Crippen molar-refractivity contribution in [1.29, 1.82) is 0 Å². The normalized spacial score (nSPS) is 13.4. The Labute approximate surface area is 128 Å². The van der Waals surface area contributed by atoms with E-state index in [0.717, 1.165) is 5.56 Å². The standard InChI is InChI=1S/C16H18N2O4/c1-3-16(2,9-13(19)20)18-14(21)12-10-22-15(17-12)11-7-5-4-6-8-11/h4-8,10H,3,9H2,1-2H3,(H,18,21)(H,19,20)/t16-/m0/s1. The van der Waals surface area contributed by atoms with E-state index in [4.69, 9.17) is 9.52 Å². The molecule has 2 N–H and O–H groups in total. The molecule has 0 saturated heterocycles. The Morgan fingerprint density at radius 1 is 1.32 bits per heavy atom. The second-order valence-electron chi connectivity index (χ2n) is 5.34. The van der Waals surface area contributed by atoms with Gasteiger partial charge in [-0.05, 0) is 25.5 Å². The van der Waals surface area contributed by atoms with Crippen molar-refractivity contribution >= 4 is 11.9 Å². The molecule has 22 heavy (non-hydrogen) atoms. The van der Waals surface area contributed by atoms with E-state index < -0.39 is 17.4 Å². The van der Waals surface area contributed by atoms with Gasteiger partial charge in [0.2, 0.25) is 5.89 Å². The lowest BCUT2D eigenvalue weighted by Gasteiger charge is -2.27. The van der Waals surface area contributed by atoms with E-state index >= 15 is 0 Å². The molecule has 0 fully saturated rings. The highest BCUT2D eigenvalue weighted by Crippen LogP contribution is 2.19. The van der Waals surface area contributed by atoms with E-state index in [1.807, 2.05) is 37.3 Å². The Balaban J connectivity index is 2.14. The minimum atomic E-state index is -0.963. The molecule has 0 unspecified atom stereocenters. The zero-order valence-electron chi connectivity index (χ0n) is 12.5. The summed E-state index contributed by atoms with van der Waals surface area (Å²) >= 11 is 0. The molecule has 0 radical (unpaired) electrons. The molecule has 1 heterocycles. The number of carboxylic acid groups (broad SMARTS) is 1. The number of oxazole rings is 1. The molecule has 6 nitrogen and oxygen atoms in total. The van der Waals surface area contributed by atoms with E-state index in [1.165, 1.54) is 6.26 Å². The third-order valence-electron chi connectivity index (χ3n) is 3.49. The first-order valence-electron chi connectivity index (χ1n) is 6.99. The van der Waals surface area contributed by atoms with Gasteiger partial charge >= 0.3 is 5.97 Å². The van der Waals surface area contributed by atoms with E-state index in [0.29, 0.717) is 12.3 Å². The summed E-state index contributed by atoms with van der Waals surface area (Å²) in [5.74, 6) is -1.06. The molecule has 0 spiro atoms. The van der Waals surface area contributed by atoms with Crippen molar-refractivity contribution in [2.75, 3.05) is 0 Å². The lowest BCUT2D eigenvalue weighted by Crippen LogP contribution is -2.47. The summed E-state index contributed by atoms with van der Waals surface area (Å²) in [7, 11) is 0. The Morgan fingerprint density at radius 3 is 2.59 bits per heavy atom. The molecular formula is C16H18N2O4. The Morgan fingerprint density at radius 2 is 2.00 bits per heavy atom. The van der Waals surface area contributed by atoms with E-state index in [2.05, 4.69) is 10.3 Å². The van der Waals surface area contributed by atoms with E-state index in [1.54, 1.807) is 6.92 Å². The monoisotopic (exact) mass is 302 g/mol. The predicted octanol–water partition coefficient (Wildman–Crippen LogP) is 2.71. The maximum Gasteiger partial charge on any atom is 0.305 e. The minimum Gasteiger partial charge on any atom is -0.481 e. The average Bonchev–Trinajstić information content (AvgIpc) is 2.97. The van der Waals surface area contributed by atoms with Gasteiger partial charge < -0.3 is 14.8 Å². The van der Waals surface area contributed by atoms with Crippen molar-refractivity contribution in [1.82, 2.24) is 10.3 Å². The number of nitrogens with one attached hydrogen (secondary N) is 1. The maximum atomic E-state index is 12.2. The Kier molecular flexibility index (Phi) is 4.60. The highest BCUT2D eigenvalue weighted by molar-refractivity contribution is 5.93. The summed E-state index contributed by atoms with van der Waals surface area (Å²) in [6, 6.07) is 9.22. The van der Waals surface area contributed by atoms with Crippen molar-refractivity contribution in [3.8, 4) is 11.5 Å². The number of amides is 1. The molecule has 1 atom stereocenters. The molecule has 1 aromatic carbocycles. The van der Waals surface area contributed by atoms with Crippen LogP contribution in [0.1, 0.15) is 37.2 Å². The van der Waals surface area contributed by atoms with Gasteiger partial charge in [-0.3, -0.25) is 9.59 Å². The number of carboxylic acids is 1. The van der Waals surface area contributed by atoms with Gasteiger partial charge in [-0.1, -0.05) is 25.1 Å². The van der Waals surface area contributed by atoms with E-state index in [9.17, 15) is 9.59 Å². The first-order valence-corrected chi connectivity index (χ1v) is 6.99. The van der Waals surface area contributed by atoms with Crippen molar-refractivity contribution in [2.24, 2.45) is 0 Å². The Hall–Kier alpha value is -2.63. The first kappa shape index (κ1) is 15.8. The summed E-state index contributed by atoms with van der Waals surface area (Å²) in [6.07, 6.45) is 1.61. The molecule has 0 aliphatic rings. The highest BCUT2D eigenvalue weighted by Gasteiger charge is 2.29. The zero-order chi connectivity index (χ0) is 16.2. The molecule has 1 amide bonds. The maximum absolute atomic E-state index is 12.2. The molecule has 2 rings (SSSR count). The number of carbonyl (C=O) groups excluding carboxylic acids is 1. The van der Waals surface area contributed by atoms with Gasteiger partial charge in [-0.15, -0.1) is 0 Å². The molecule has 1 aromatic heterocycles. The van der Waals surface area contributed by atoms with Crippen LogP contribution in [0.15, 0.2) is 41.0 Å². The highest BCUT2D eigenvalue weighted by atomic mass is 16.4. The van der Waals surface area contributed by atoms with Gasteiger partial charge in [0.1, 0.15) is 6.26 Å². The number of benzene rings is 1. The zero-order valence-corrected chi connectivity index (χ0v) is 12.5. The van der Waals surface area contributed by atoms with Crippen molar-refractivity contribution < 1.29 is 19.1 Å². The second-order valence-corrected chi connectivity index (χ2v) is 5.34. The fraction of sp³-hybridized carbons (Fsp3) is 0.312. The van der Waals surface area contributed by atoms with Crippen molar-refractivity contribution in [2.45, 2.75) is 32.2 Å². The number of hydrogen-bond acceptors (Lipinski definition) is 4. The number of hydrogen-bond donors (Lipinski definition) is 2. The fourth-order valence-electron chi connectivity index (χ4n) is 2.02. The molecule has 6 heteroatoms. The average molecular weight is 302 g/mol. The Bertz CT molecular complexity index is 666. The van der Waals surface area contributed by atoms with Gasteiger partial charge in [0, 0.05) is 11.1 Å². The largest absolute Gasteiger partial charge is 0.481 e. The van der Waals surface area contributed by atoms with Crippen LogP contribution in [0.5, 0.6) is 0 Å². The third kappa shape index (κ3) is 3.72. The molecular weight excluding hydrogens is 284 g/mol. The van der Waals surface area contributed by atoms with Crippen molar-refractivity contribution in [3.63, 3.8) is 0 Å². The lowest BCUT2D eigenvalue weighted by molar-refractivity contribution is -0.138. The smallest absolute Gasteiger partial charge is 0.305 e. The van der Waals surface area contributed by atoms with Crippen LogP contribution in [0.25, 0.3) is 11.5 Å². The summed E-state index contributed by atoms with van der Waals surface area (Å²) in [5.41, 5.74) is 0.0728. The van der Waals surface area contributed by atoms with Crippen LogP contribution in [0.3, 0.4) is 0 Å². The first-order chi connectivity index (χ1) is 10.4. The third-order valence-corrected chi connectivity index (χ3v) is 3.49. The van der Waals surface area contributed by atoms with Crippen LogP contribution in [-0.4, -0.2) is 27.5 Å². The molecule has 0 aliphatic heterocycles. The van der Waals surface area contributed by atoms with Gasteiger partial charge in [-0.25, -0.2) is 4.98 Å². The van der Waals surface area contributed by atoms with Gasteiger partial charge in [0.15, 0.2) is 5.69 Å². The summed E-state index contributed by atoms with van der Waals surface area (Å²) in [6.45, 7) is 3.51. The van der Waals surface area contributed by atoms with Crippen LogP contribution in [0.4, 0.5) is 0 Å². The number of nitrogens with zero attached hydrogens (tertiary/aromatic N) is 1. The predicted molar refractivity (Wildman–Crippen MR) is 80.4 cm³/mol. The van der Waals surface area contributed by atoms with Crippen LogP contribution in [-0.2, 0) is 4.79 Å². The molecule has 2 aromatic rings. The van der Waals surface area contributed by atoms with Gasteiger partial charge in [0.05, 0.1) is 6.42 Å². The number of aromatic nitrogens is 1. The van der Waals surface area contributed by atoms with Crippen LogP contribution < -0.4 is 5.32 Å². The number of carbonyl (C=O) groups is 2. The number of aliphatic carboxylic acids is 1. The van der Waals surface area contributed by atoms with E-state index in [-0.39, 0.29) is 12.1 Å². The quantitative estimate of drug-likeness (QED) is 0.856. The van der Waals surface area contributed by atoms with Gasteiger partial charge in [0.25, 0.3) is 5.91 Å². The van der Waals surface area contributed by atoms with Crippen molar-refractivity contribution in [3.05, 3.63) is 42.3 Å². The molecule has 116 valence electrons. The molecule has 0 aliphatic carbocycles. The SMILES string of the molecule is CC[C@@](C)(CC(=O)O)NC(=O)c1coc(-c2ccccc2)n1. The number of rotatable bonds is 6. The summed E-state index contributed by atoms with van der Waals surface area (Å²) in [5, 5.41) is 11.6. The molecule has 0 saturated carbocycles. The molecule has 0 bridgehead atoms. The van der Waals surface area contributed by atoms with Gasteiger partial charge in [-0.2, -0.15) is 0 Å². The topological polar surface area (TPSA) is 92.4 Å². The minimum absolute atomic E-state index is 0.129. The lowest BCUT2D eigenvalue weighted by atomic mass is 9.94. The second kappa shape index (κ2) is 6.43.